The van der Waals surface area contributed by atoms with Gasteiger partial charge in [0, 0.05) is 0 Å². The van der Waals surface area contributed by atoms with Gasteiger partial charge in [-0.15, -0.1) is 0 Å². The van der Waals surface area contributed by atoms with Crippen molar-refractivity contribution in [3.8, 4) is 0 Å². The minimum atomic E-state index is -0.306. The summed E-state index contributed by atoms with van der Waals surface area (Å²) in [5.74, 6) is 0. The molecule has 1 unspecified atom stereocenters. The van der Waals surface area contributed by atoms with Crippen LogP contribution in [0.5, 0.6) is 0 Å². The van der Waals surface area contributed by atoms with Crippen molar-refractivity contribution in [2.45, 2.75) is 70.6 Å². The van der Waals surface area contributed by atoms with Gasteiger partial charge in [-0.3, -0.25) is 0 Å². The fraction of sp³-hybridized carbons (Fsp3) is 1.00. The lowest BCUT2D eigenvalue weighted by molar-refractivity contribution is 0.265. The highest BCUT2D eigenvalue weighted by atomic mass is 16.6. The standard InChI is InChI=1S/C11H23NO/c1-4-5-6-7-8-9-11(12)10(2,3)13-11/h4-9,12H2,1-3H3. The molecule has 1 atom stereocenters. The average molecular weight is 185 g/mol. The SMILES string of the molecule is CCCCCCCC1(N)OC1(C)C. The molecule has 0 aromatic heterocycles. The molecular formula is C11H23NO. The molecule has 0 aromatic carbocycles. The van der Waals surface area contributed by atoms with Crippen molar-refractivity contribution < 1.29 is 4.74 Å². The summed E-state index contributed by atoms with van der Waals surface area (Å²) in [6.07, 6.45) is 7.51. The van der Waals surface area contributed by atoms with Gasteiger partial charge in [0.05, 0.1) is 0 Å². The Hall–Kier alpha value is -0.0800. The number of hydrogen-bond donors (Lipinski definition) is 1. The molecule has 0 bridgehead atoms. The zero-order valence-corrected chi connectivity index (χ0v) is 9.23. The normalized spacial score (nSPS) is 30.5. The summed E-state index contributed by atoms with van der Waals surface area (Å²) in [6.45, 7) is 6.37. The molecule has 1 fully saturated rings. The topological polar surface area (TPSA) is 38.5 Å². The second-order valence-electron chi connectivity index (χ2n) is 4.67. The summed E-state index contributed by atoms with van der Waals surface area (Å²) >= 11 is 0. The van der Waals surface area contributed by atoms with Crippen molar-refractivity contribution in [2.75, 3.05) is 0 Å². The van der Waals surface area contributed by atoms with E-state index in [-0.39, 0.29) is 11.3 Å². The van der Waals surface area contributed by atoms with Crippen LogP contribution in [-0.2, 0) is 4.74 Å². The summed E-state index contributed by atoms with van der Waals surface area (Å²) in [4.78, 5) is 0. The van der Waals surface area contributed by atoms with Crippen LogP contribution in [0.4, 0.5) is 0 Å². The molecule has 0 aromatic rings. The summed E-state index contributed by atoms with van der Waals surface area (Å²) in [5.41, 5.74) is 5.64. The number of rotatable bonds is 6. The molecule has 2 N–H and O–H groups in total. The number of unbranched alkanes of at least 4 members (excludes halogenated alkanes) is 4. The molecule has 1 aliphatic heterocycles. The minimum Gasteiger partial charge on any atom is -0.347 e. The Labute approximate surface area is 81.8 Å². The fourth-order valence-corrected chi connectivity index (χ4v) is 1.77. The van der Waals surface area contributed by atoms with Crippen LogP contribution >= 0.6 is 0 Å². The van der Waals surface area contributed by atoms with Crippen LogP contribution in [-0.4, -0.2) is 11.3 Å². The Morgan fingerprint density at radius 1 is 1.08 bits per heavy atom. The molecule has 2 heteroatoms. The van der Waals surface area contributed by atoms with Gasteiger partial charge in [-0.05, 0) is 26.7 Å². The van der Waals surface area contributed by atoms with Gasteiger partial charge >= 0.3 is 0 Å². The van der Waals surface area contributed by atoms with E-state index < -0.39 is 0 Å². The van der Waals surface area contributed by atoms with Crippen LogP contribution in [0.15, 0.2) is 0 Å². The summed E-state index contributed by atoms with van der Waals surface area (Å²) in [6, 6.07) is 0. The predicted octanol–water partition coefficient (Wildman–Crippen LogP) is 2.81. The molecule has 13 heavy (non-hydrogen) atoms. The Bertz CT molecular complexity index is 167. The average Bonchev–Trinajstić information content (AvgIpc) is 2.51. The molecular weight excluding hydrogens is 162 g/mol. The minimum absolute atomic E-state index is 0.0717. The van der Waals surface area contributed by atoms with Gasteiger partial charge in [0.2, 0.25) is 0 Å². The van der Waals surface area contributed by atoms with E-state index in [4.69, 9.17) is 10.5 Å². The first-order valence-corrected chi connectivity index (χ1v) is 5.51. The van der Waals surface area contributed by atoms with Gasteiger partial charge < -0.3 is 10.5 Å². The maximum absolute atomic E-state index is 6.02. The van der Waals surface area contributed by atoms with E-state index in [1.54, 1.807) is 0 Å². The monoisotopic (exact) mass is 185 g/mol. The highest BCUT2D eigenvalue weighted by Crippen LogP contribution is 2.46. The van der Waals surface area contributed by atoms with Gasteiger partial charge in [-0.1, -0.05) is 32.6 Å². The number of nitrogens with two attached hydrogens (primary N) is 1. The molecule has 78 valence electrons. The lowest BCUT2D eigenvalue weighted by Gasteiger charge is -2.08. The van der Waals surface area contributed by atoms with E-state index in [0.29, 0.717) is 0 Å². The molecule has 0 aliphatic carbocycles. The summed E-state index contributed by atoms with van der Waals surface area (Å²) < 4.78 is 5.48. The highest BCUT2D eigenvalue weighted by Gasteiger charge is 2.60. The quantitative estimate of drug-likeness (QED) is 0.510. The molecule has 1 saturated heterocycles. The van der Waals surface area contributed by atoms with Gasteiger partial charge in [0.15, 0.2) is 0 Å². The van der Waals surface area contributed by atoms with Crippen LogP contribution in [0.3, 0.4) is 0 Å². The fourth-order valence-electron chi connectivity index (χ4n) is 1.77. The highest BCUT2D eigenvalue weighted by molar-refractivity contribution is 5.05. The van der Waals surface area contributed by atoms with Crippen molar-refractivity contribution in [2.24, 2.45) is 5.73 Å². The Morgan fingerprint density at radius 3 is 2.08 bits per heavy atom. The van der Waals surface area contributed by atoms with Crippen LogP contribution in [0.25, 0.3) is 0 Å². The third-order valence-electron chi connectivity index (χ3n) is 3.07. The molecule has 0 saturated carbocycles. The van der Waals surface area contributed by atoms with E-state index >= 15 is 0 Å². The first-order chi connectivity index (χ1) is 6.02. The van der Waals surface area contributed by atoms with Crippen LogP contribution in [0.2, 0.25) is 0 Å². The molecule has 0 spiro atoms. The molecule has 1 heterocycles. The van der Waals surface area contributed by atoms with Gasteiger partial charge in [-0.25, -0.2) is 0 Å². The Balaban J connectivity index is 2.01. The molecule has 2 nitrogen and oxygen atoms in total. The van der Waals surface area contributed by atoms with Crippen molar-refractivity contribution in [3.05, 3.63) is 0 Å². The van der Waals surface area contributed by atoms with E-state index in [1.807, 2.05) is 0 Å². The molecule has 0 radical (unpaired) electrons. The zero-order valence-electron chi connectivity index (χ0n) is 9.23. The van der Waals surface area contributed by atoms with E-state index in [2.05, 4.69) is 20.8 Å². The largest absolute Gasteiger partial charge is 0.347 e. The van der Waals surface area contributed by atoms with E-state index in [1.165, 1.54) is 32.1 Å². The Kier molecular flexibility index (Phi) is 3.36. The lowest BCUT2D eigenvalue weighted by atomic mass is 9.98. The maximum atomic E-state index is 6.02. The van der Waals surface area contributed by atoms with Crippen LogP contribution < -0.4 is 5.73 Å². The smallest absolute Gasteiger partial charge is 0.146 e. The van der Waals surface area contributed by atoms with Crippen molar-refractivity contribution in [1.82, 2.24) is 0 Å². The van der Waals surface area contributed by atoms with Crippen LogP contribution in [0.1, 0.15) is 59.3 Å². The second kappa shape index (κ2) is 3.97. The lowest BCUT2D eigenvalue weighted by Crippen LogP contribution is -2.31. The molecule has 1 aliphatic rings. The third-order valence-corrected chi connectivity index (χ3v) is 3.07. The maximum Gasteiger partial charge on any atom is 0.146 e. The van der Waals surface area contributed by atoms with Gasteiger partial charge in [-0.2, -0.15) is 0 Å². The predicted molar refractivity (Wildman–Crippen MR) is 55.5 cm³/mol. The second-order valence-corrected chi connectivity index (χ2v) is 4.67. The zero-order chi connectivity index (χ0) is 9.95. The summed E-state index contributed by atoms with van der Waals surface area (Å²) in [5, 5.41) is 0. The number of epoxide rings is 1. The first kappa shape index (κ1) is 11.0. The first-order valence-electron chi connectivity index (χ1n) is 5.51. The van der Waals surface area contributed by atoms with Gasteiger partial charge in [0.25, 0.3) is 0 Å². The van der Waals surface area contributed by atoms with Crippen molar-refractivity contribution in [3.63, 3.8) is 0 Å². The number of ether oxygens (including phenoxy) is 1. The van der Waals surface area contributed by atoms with E-state index in [9.17, 15) is 0 Å². The van der Waals surface area contributed by atoms with Crippen molar-refractivity contribution >= 4 is 0 Å². The summed E-state index contributed by atoms with van der Waals surface area (Å²) in [7, 11) is 0. The number of hydrogen-bond acceptors (Lipinski definition) is 2. The molecule has 1 rings (SSSR count). The van der Waals surface area contributed by atoms with E-state index in [0.717, 1.165) is 6.42 Å². The molecule has 0 amide bonds. The van der Waals surface area contributed by atoms with Crippen molar-refractivity contribution in [1.29, 1.82) is 0 Å². The third kappa shape index (κ3) is 2.68. The van der Waals surface area contributed by atoms with Crippen LogP contribution in [0, 0.1) is 0 Å². The van der Waals surface area contributed by atoms with Gasteiger partial charge in [0.1, 0.15) is 11.3 Å². The Morgan fingerprint density at radius 2 is 1.62 bits per heavy atom.